The monoisotopic (exact) mass is 267 g/mol. The average Bonchev–Trinajstić information content (AvgIpc) is 2.52. The van der Waals surface area contributed by atoms with Crippen molar-refractivity contribution in [2.45, 2.75) is 39.2 Å². The summed E-state index contributed by atoms with van der Waals surface area (Å²) in [7, 11) is 0. The summed E-state index contributed by atoms with van der Waals surface area (Å²) in [5.74, 6) is 0.616. The first-order valence-electron chi connectivity index (χ1n) is 7.63. The fourth-order valence-corrected chi connectivity index (χ4v) is 2.56. The van der Waals surface area contributed by atoms with Crippen LogP contribution in [0, 0.1) is 0 Å². The molecule has 2 rings (SSSR count). The predicted octanol–water partition coefficient (Wildman–Crippen LogP) is 4.53. The fourth-order valence-electron chi connectivity index (χ4n) is 2.56. The molecule has 0 saturated carbocycles. The van der Waals surface area contributed by atoms with Gasteiger partial charge >= 0.3 is 0 Å². The standard InChI is InChI=1S/C19H25N/c1-3-17-9-7-8-12-19(17)15-20-14-13-16(2)18-10-5-4-6-11-18/h4-12,16,20H,3,13-15H2,1-2H3. The quantitative estimate of drug-likeness (QED) is 0.727. The molecule has 20 heavy (non-hydrogen) atoms. The first kappa shape index (κ1) is 14.8. The Morgan fingerprint density at radius 2 is 1.55 bits per heavy atom. The van der Waals surface area contributed by atoms with Crippen LogP contribution >= 0.6 is 0 Å². The Hall–Kier alpha value is -1.60. The molecule has 0 saturated heterocycles. The van der Waals surface area contributed by atoms with Crippen LogP contribution in [0.5, 0.6) is 0 Å². The highest BCUT2D eigenvalue weighted by molar-refractivity contribution is 5.26. The number of aryl methyl sites for hydroxylation is 1. The zero-order chi connectivity index (χ0) is 14.2. The summed E-state index contributed by atoms with van der Waals surface area (Å²) >= 11 is 0. The van der Waals surface area contributed by atoms with E-state index in [0.717, 1.165) is 19.5 Å². The lowest BCUT2D eigenvalue weighted by molar-refractivity contribution is 0.593. The Balaban J connectivity index is 1.76. The second-order valence-electron chi connectivity index (χ2n) is 5.40. The molecule has 0 fully saturated rings. The Labute approximate surface area is 123 Å². The normalized spacial score (nSPS) is 12.3. The first-order chi connectivity index (χ1) is 9.81. The molecular weight excluding hydrogens is 242 g/mol. The van der Waals surface area contributed by atoms with Gasteiger partial charge in [0.1, 0.15) is 0 Å². The van der Waals surface area contributed by atoms with Crippen molar-refractivity contribution in [3.05, 3.63) is 71.3 Å². The van der Waals surface area contributed by atoms with Crippen molar-refractivity contribution in [3.63, 3.8) is 0 Å². The van der Waals surface area contributed by atoms with Crippen molar-refractivity contribution < 1.29 is 0 Å². The molecule has 0 bridgehead atoms. The topological polar surface area (TPSA) is 12.0 Å². The van der Waals surface area contributed by atoms with E-state index in [1.807, 2.05) is 0 Å². The van der Waals surface area contributed by atoms with Crippen LogP contribution < -0.4 is 5.32 Å². The lowest BCUT2D eigenvalue weighted by Crippen LogP contribution is -2.17. The van der Waals surface area contributed by atoms with Crippen LogP contribution in [0.25, 0.3) is 0 Å². The second kappa shape index (κ2) is 7.86. The van der Waals surface area contributed by atoms with Crippen LogP contribution in [-0.4, -0.2) is 6.54 Å². The zero-order valence-electron chi connectivity index (χ0n) is 12.6. The molecule has 0 spiro atoms. The molecule has 0 aromatic heterocycles. The van der Waals surface area contributed by atoms with Crippen molar-refractivity contribution in [2.75, 3.05) is 6.54 Å². The number of rotatable bonds is 7. The van der Waals surface area contributed by atoms with Gasteiger partial charge in [0.2, 0.25) is 0 Å². The lowest BCUT2D eigenvalue weighted by Gasteiger charge is -2.13. The summed E-state index contributed by atoms with van der Waals surface area (Å²) in [5, 5.41) is 3.58. The maximum absolute atomic E-state index is 3.58. The molecule has 0 amide bonds. The van der Waals surface area contributed by atoms with Crippen LogP contribution in [0.15, 0.2) is 54.6 Å². The van der Waals surface area contributed by atoms with Crippen molar-refractivity contribution in [3.8, 4) is 0 Å². The van der Waals surface area contributed by atoms with Crippen LogP contribution in [0.2, 0.25) is 0 Å². The van der Waals surface area contributed by atoms with Gasteiger partial charge in [-0.25, -0.2) is 0 Å². The summed E-state index contributed by atoms with van der Waals surface area (Å²) in [4.78, 5) is 0. The van der Waals surface area contributed by atoms with Gasteiger partial charge in [-0.1, -0.05) is 68.4 Å². The third-order valence-electron chi connectivity index (χ3n) is 3.94. The smallest absolute Gasteiger partial charge is 0.0208 e. The number of hydrogen-bond donors (Lipinski definition) is 1. The van der Waals surface area contributed by atoms with E-state index >= 15 is 0 Å². The highest BCUT2D eigenvalue weighted by Gasteiger charge is 2.04. The molecule has 0 heterocycles. The average molecular weight is 267 g/mol. The Bertz CT molecular complexity index is 504. The Morgan fingerprint density at radius 3 is 2.25 bits per heavy atom. The molecular formula is C19H25N. The Morgan fingerprint density at radius 1 is 0.900 bits per heavy atom. The molecule has 2 aromatic carbocycles. The molecule has 0 aliphatic carbocycles. The van der Waals surface area contributed by atoms with E-state index < -0.39 is 0 Å². The van der Waals surface area contributed by atoms with E-state index in [-0.39, 0.29) is 0 Å². The molecule has 106 valence electrons. The molecule has 2 aromatic rings. The summed E-state index contributed by atoms with van der Waals surface area (Å²) in [6, 6.07) is 19.5. The summed E-state index contributed by atoms with van der Waals surface area (Å²) in [6.45, 7) is 6.56. The highest BCUT2D eigenvalue weighted by Crippen LogP contribution is 2.17. The van der Waals surface area contributed by atoms with E-state index in [1.54, 1.807) is 0 Å². The van der Waals surface area contributed by atoms with Crippen LogP contribution in [0.4, 0.5) is 0 Å². The van der Waals surface area contributed by atoms with E-state index in [1.165, 1.54) is 23.1 Å². The van der Waals surface area contributed by atoms with Gasteiger partial charge in [0.25, 0.3) is 0 Å². The minimum absolute atomic E-state index is 0.616. The van der Waals surface area contributed by atoms with Crippen LogP contribution in [0.3, 0.4) is 0 Å². The third kappa shape index (κ3) is 4.21. The highest BCUT2D eigenvalue weighted by atomic mass is 14.8. The van der Waals surface area contributed by atoms with Crippen molar-refractivity contribution in [1.29, 1.82) is 0 Å². The predicted molar refractivity (Wildman–Crippen MR) is 87.0 cm³/mol. The maximum Gasteiger partial charge on any atom is 0.0208 e. The molecule has 1 heteroatoms. The van der Waals surface area contributed by atoms with Gasteiger partial charge in [0, 0.05) is 6.54 Å². The molecule has 1 N–H and O–H groups in total. The minimum Gasteiger partial charge on any atom is -0.313 e. The van der Waals surface area contributed by atoms with Gasteiger partial charge in [-0.05, 0) is 42.0 Å². The molecule has 1 atom stereocenters. The Kier molecular flexibility index (Phi) is 5.82. The minimum atomic E-state index is 0.616. The van der Waals surface area contributed by atoms with Crippen molar-refractivity contribution >= 4 is 0 Å². The maximum atomic E-state index is 3.58. The second-order valence-corrected chi connectivity index (χ2v) is 5.40. The molecule has 0 aliphatic rings. The molecule has 1 nitrogen and oxygen atoms in total. The third-order valence-corrected chi connectivity index (χ3v) is 3.94. The van der Waals surface area contributed by atoms with Crippen molar-refractivity contribution in [2.24, 2.45) is 0 Å². The fraction of sp³-hybridized carbons (Fsp3) is 0.368. The zero-order valence-corrected chi connectivity index (χ0v) is 12.6. The van der Waals surface area contributed by atoms with Gasteiger partial charge < -0.3 is 5.32 Å². The SMILES string of the molecule is CCc1ccccc1CNCCC(C)c1ccccc1. The molecule has 1 unspecified atom stereocenters. The van der Waals surface area contributed by atoms with E-state index in [4.69, 9.17) is 0 Å². The van der Waals surface area contributed by atoms with E-state index in [9.17, 15) is 0 Å². The van der Waals surface area contributed by atoms with E-state index in [2.05, 4.69) is 73.8 Å². The van der Waals surface area contributed by atoms with Gasteiger partial charge in [-0.15, -0.1) is 0 Å². The summed E-state index contributed by atoms with van der Waals surface area (Å²) < 4.78 is 0. The number of nitrogens with one attached hydrogen (secondary N) is 1. The van der Waals surface area contributed by atoms with Gasteiger partial charge in [0.15, 0.2) is 0 Å². The molecule has 0 radical (unpaired) electrons. The largest absolute Gasteiger partial charge is 0.313 e. The van der Waals surface area contributed by atoms with Gasteiger partial charge in [-0.2, -0.15) is 0 Å². The summed E-state index contributed by atoms with van der Waals surface area (Å²) in [5.41, 5.74) is 4.32. The first-order valence-corrected chi connectivity index (χ1v) is 7.63. The van der Waals surface area contributed by atoms with Crippen molar-refractivity contribution in [1.82, 2.24) is 5.32 Å². The number of hydrogen-bond acceptors (Lipinski definition) is 1. The summed E-state index contributed by atoms with van der Waals surface area (Å²) in [6.07, 6.45) is 2.29. The van der Waals surface area contributed by atoms with E-state index in [0.29, 0.717) is 5.92 Å². The molecule has 0 aliphatic heterocycles. The lowest BCUT2D eigenvalue weighted by atomic mass is 9.98. The van der Waals surface area contributed by atoms with Gasteiger partial charge in [0.05, 0.1) is 0 Å². The van der Waals surface area contributed by atoms with Crippen LogP contribution in [-0.2, 0) is 13.0 Å². The van der Waals surface area contributed by atoms with Gasteiger partial charge in [-0.3, -0.25) is 0 Å². The van der Waals surface area contributed by atoms with Crippen LogP contribution in [0.1, 0.15) is 42.9 Å². The number of benzene rings is 2.